The minimum Gasteiger partial charge on any atom is -0.381 e. The molecule has 2 aromatic carbocycles. The normalized spacial score (nSPS) is 14.8. The minimum atomic E-state index is -4.29. The number of rotatable bonds is 7. The van der Waals surface area contributed by atoms with Crippen LogP contribution >= 0.6 is 15.9 Å². The highest BCUT2D eigenvalue weighted by Crippen LogP contribution is 2.28. The number of nitro benzene ring substituents is 1. The predicted molar refractivity (Wildman–Crippen MR) is 114 cm³/mol. The second-order valence-electron chi connectivity index (χ2n) is 6.81. The van der Waals surface area contributed by atoms with Gasteiger partial charge in [-0.05, 0) is 55.2 Å². The molecule has 0 aliphatic carbocycles. The molecule has 30 heavy (non-hydrogen) atoms. The summed E-state index contributed by atoms with van der Waals surface area (Å²) in [5.74, 6) is -0.501. The van der Waals surface area contributed by atoms with Crippen LogP contribution in [0.4, 0.5) is 11.4 Å². The number of halogens is 1. The molecule has 3 rings (SSSR count). The summed E-state index contributed by atoms with van der Waals surface area (Å²) in [5, 5.41) is 14.5. The number of carbonyl (C=O) groups excluding carboxylic acids is 1. The fourth-order valence-electron chi connectivity index (χ4n) is 3.03. The van der Waals surface area contributed by atoms with Crippen molar-refractivity contribution in [2.24, 2.45) is 5.92 Å². The van der Waals surface area contributed by atoms with Crippen LogP contribution in [0, 0.1) is 16.0 Å². The van der Waals surface area contributed by atoms with Gasteiger partial charge in [0.25, 0.3) is 21.6 Å². The molecule has 1 heterocycles. The summed E-state index contributed by atoms with van der Waals surface area (Å²) in [4.78, 5) is 22.7. The van der Waals surface area contributed by atoms with Crippen LogP contribution in [0.15, 0.2) is 51.8 Å². The van der Waals surface area contributed by atoms with E-state index in [1.165, 1.54) is 24.3 Å². The molecule has 0 unspecified atom stereocenters. The van der Waals surface area contributed by atoms with E-state index in [1.807, 2.05) is 4.72 Å². The highest BCUT2D eigenvalue weighted by Gasteiger charge is 2.24. The van der Waals surface area contributed by atoms with Crippen LogP contribution in [0.1, 0.15) is 23.2 Å². The van der Waals surface area contributed by atoms with Gasteiger partial charge in [-0.2, -0.15) is 0 Å². The van der Waals surface area contributed by atoms with Crippen LogP contribution in [0.3, 0.4) is 0 Å². The van der Waals surface area contributed by atoms with Crippen LogP contribution in [0.2, 0.25) is 0 Å². The number of benzene rings is 2. The maximum Gasteiger partial charge on any atom is 0.293 e. The number of carbonyl (C=O) groups is 1. The number of nitrogens with one attached hydrogen (secondary N) is 2. The Hall–Kier alpha value is -2.50. The highest BCUT2D eigenvalue weighted by atomic mass is 79.9. The summed E-state index contributed by atoms with van der Waals surface area (Å²) in [6, 6.07) is 9.65. The van der Waals surface area contributed by atoms with Gasteiger partial charge in [-0.25, -0.2) is 13.1 Å². The largest absolute Gasteiger partial charge is 0.381 e. The molecule has 1 saturated heterocycles. The molecule has 0 spiro atoms. The van der Waals surface area contributed by atoms with Gasteiger partial charge in [-0.3, -0.25) is 14.9 Å². The fourth-order valence-corrected chi connectivity index (χ4v) is 4.28. The van der Waals surface area contributed by atoms with E-state index in [2.05, 4.69) is 21.2 Å². The summed E-state index contributed by atoms with van der Waals surface area (Å²) in [7, 11) is -4.29. The average molecular weight is 498 g/mol. The van der Waals surface area contributed by atoms with Crippen LogP contribution in [0.25, 0.3) is 0 Å². The molecular formula is C19H20BrN3O6S. The SMILES string of the molecule is O=C(NS(=O)(=O)c1ccc(NCC2CCOCC2)c([N+](=O)[O-])c1)c1ccc(Br)cc1. The number of ether oxygens (including phenoxy) is 1. The van der Waals surface area contributed by atoms with Crippen molar-refractivity contribution in [3.05, 3.63) is 62.6 Å². The van der Waals surface area contributed by atoms with Gasteiger partial charge in [0.1, 0.15) is 5.69 Å². The quantitative estimate of drug-likeness (QED) is 0.443. The van der Waals surface area contributed by atoms with Crippen LogP contribution < -0.4 is 10.0 Å². The molecule has 0 radical (unpaired) electrons. The monoisotopic (exact) mass is 497 g/mol. The molecule has 1 aliphatic heterocycles. The van der Waals surface area contributed by atoms with Crippen LogP contribution in [-0.4, -0.2) is 39.0 Å². The van der Waals surface area contributed by atoms with Gasteiger partial charge in [0, 0.05) is 35.9 Å². The lowest BCUT2D eigenvalue weighted by atomic mass is 10.0. The van der Waals surface area contributed by atoms with Gasteiger partial charge < -0.3 is 10.1 Å². The summed E-state index contributed by atoms with van der Waals surface area (Å²) in [6.07, 6.45) is 1.71. The lowest BCUT2D eigenvalue weighted by Gasteiger charge is -2.22. The van der Waals surface area contributed by atoms with Gasteiger partial charge in [-0.1, -0.05) is 15.9 Å². The maximum atomic E-state index is 12.6. The number of sulfonamides is 1. The van der Waals surface area contributed by atoms with E-state index in [0.29, 0.717) is 25.7 Å². The van der Waals surface area contributed by atoms with E-state index < -0.39 is 20.9 Å². The molecule has 0 saturated carbocycles. The lowest BCUT2D eigenvalue weighted by molar-refractivity contribution is -0.384. The van der Waals surface area contributed by atoms with E-state index in [0.717, 1.165) is 23.4 Å². The Bertz CT molecular complexity index is 1040. The Balaban J connectivity index is 1.77. The first-order valence-corrected chi connectivity index (χ1v) is 11.5. The van der Waals surface area contributed by atoms with Gasteiger partial charge >= 0.3 is 0 Å². The van der Waals surface area contributed by atoms with Crippen molar-refractivity contribution < 1.29 is 22.9 Å². The van der Waals surface area contributed by atoms with Gasteiger partial charge in [0.2, 0.25) is 0 Å². The number of amides is 1. The van der Waals surface area contributed by atoms with E-state index in [-0.39, 0.29) is 21.8 Å². The number of nitro groups is 1. The summed E-state index contributed by atoms with van der Waals surface area (Å²) >= 11 is 3.23. The van der Waals surface area contributed by atoms with Crippen molar-refractivity contribution in [3.63, 3.8) is 0 Å². The number of hydrogen-bond acceptors (Lipinski definition) is 7. The number of hydrogen-bond donors (Lipinski definition) is 2. The zero-order chi connectivity index (χ0) is 21.7. The van der Waals surface area contributed by atoms with Gasteiger partial charge in [0.05, 0.1) is 9.82 Å². The first kappa shape index (κ1) is 22.2. The Morgan fingerprint density at radius 1 is 1.17 bits per heavy atom. The molecule has 11 heteroatoms. The molecule has 2 aromatic rings. The first-order chi connectivity index (χ1) is 14.3. The zero-order valence-electron chi connectivity index (χ0n) is 15.8. The fraction of sp³-hybridized carbons (Fsp3) is 0.316. The Labute approximate surface area is 182 Å². The third-order valence-electron chi connectivity index (χ3n) is 4.73. The van der Waals surface area contributed by atoms with Gasteiger partial charge in [0.15, 0.2) is 0 Å². The van der Waals surface area contributed by atoms with Crippen molar-refractivity contribution in [3.8, 4) is 0 Å². The minimum absolute atomic E-state index is 0.144. The van der Waals surface area contributed by atoms with Crippen molar-refractivity contribution in [2.75, 3.05) is 25.1 Å². The molecule has 1 aliphatic rings. The number of nitrogens with zero attached hydrogens (tertiary/aromatic N) is 1. The molecule has 2 N–H and O–H groups in total. The third-order valence-corrected chi connectivity index (χ3v) is 6.59. The first-order valence-electron chi connectivity index (χ1n) is 9.19. The van der Waals surface area contributed by atoms with Crippen molar-refractivity contribution >= 4 is 43.2 Å². The van der Waals surface area contributed by atoms with E-state index in [9.17, 15) is 23.3 Å². The topological polar surface area (TPSA) is 128 Å². The average Bonchev–Trinajstić information content (AvgIpc) is 2.73. The molecule has 0 bridgehead atoms. The molecular weight excluding hydrogens is 478 g/mol. The van der Waals surface area contributed by atoms with Crippen molar-refractivity contribution in [1.29, 1.82) is 0 Å². The number of anilines is 1. The Morgan fingerprint density at radius 3 is 2.47 bits per heavy atom. The van der Waals surface area contributed by atoms with E-state index in [4.69, 9.17) is 4.74 Å². The van der Waals surface area contributed by atoms with Gasteiger partial charge in [-0.15, -0.1) is 0 Å². The van der Waals surface area contributed by atoms with Crippen molar-refractivity contribution in [2.45, 2.75) is 17.7 Å². The Kier molecular flexibility index (Phi) is 7.06. The van der Waals surface area contributed by atoms with Crippen molar-refractivity contribution in [1.82, 2.24) is 4.72 Å². The van der Waals surface area contributed by atoms with E-state index >= 15 is 0 Å². The molecule has 1 fully saturated rings. The molecule has 1 amide bonds. The molecule has 0 atom stereocenters. The summed E-state index contributed by atoms with van der Waals surface area (Å²) in [6.45, 7) is 1.84. The molecule has 0 aromatic heterocycles. The predicted octanol–water partition coefficient (Wildman–Crippen LogP) is 3.31. The maximum absolute atomic E-state index is 12.6. The van der Waals surface area contributed by atoms with Crippen LogP contribution in [-0.2, 0) is 14.8 Å². The van der Waals surface area contributed by atoms with Crippen LogP contribution in [0.5, 0.6) is 0 Å². The summed E-state index contributed by atoms with van der Waals surface area (Å²) in [5.41, 5.74) is -0.00303. The lowest BCUT2D eigenvalue weighted by Crippen LogP contribution is -2.30. The Morgan fingerprint density at radius 2 is 1.83 bits per heavy atom. The molecule has 9 nitrogen and oxygen atoms in total. The van der Waals surface area contributed by atoms with E-state index in [1.54, 1.807) is 12.1 Å². The second-order valence-corrected chi connectivity index (χ2v) is 9.41. The third kappa shape index (κ3) is 5.55. The molecule has 160 valence electrons. The zero-order valence-corrected chi connectivity index (χ0v) is 18.2. The second kappa shape index (κ2) is 9.54. The standard InChI is InChI=1S/C19H20BrN3O6S/c20-15-3-1-14(2-4-15)19(24)22-30(27,28)16-5-6-17(18(11-16)23(25)26)21-12-13-7-9-29-10-8-13/h1-6,11,13,21H,7-10,12H2,(H,22,24). The highest BCUT2D eigenvalue weighted by molar-refractivity contribution is 9.10. The summed E-state index contributed by atoms with van der Waals surface area (Å²) < 4.78 is 33.1. The smallest absolute Gasteiger partial charge is 0.293 e.